The Kier molecular flexibility index (Phi) is 4.16. The molecular formula is C22H19N3O3. The van der Waals surface area contributed by atoms with Crippen LogP contribution in [0, 0.1) is 0 Å². The highest BCUT2D eigenvalue weighted by Crippen LogP contribution is 2.23. The molecule has 0 saturated carbocycles. The summed E-state index contributed by atoms with van der Waals surface area (Å²) >= 11 is 0. The van der Waals surface area contributed by atoms with Gasteiger partial charge in [-0.2, -0.15) is 0 Å². The van der Waals surface area contributed by atoms with Crippen molar-refractivity contribution in [1.82, 2.24) is 14.9 Å². The Morgan fingerprint density at radius 3 is 2.61 bits per heavy atom. The fourth-order valence-electron chi connectivity index (χ4n) is 3.59. The standard InChI is InChI=1S/C22H19N3O3/c26-22(20-13-15-5-1-4-8-19(15)28-20)25-11-9-16(10-12-25)27-21-14-23-17-6-2-3-7-18(17)24-21/h1-8,13-14,16H,9-12H2. The summed E-state index contributed by atoms with van der Waals surface area (Å²) in [5, 5.41) is 0.943. The van der Waals surface area contributed by atoms with Gasteiger partial charge in [0.2, 0.25) is 5.88 Å². The first-order chi connectivity index (χ1) is 13.8. The molecule has 0 bridgehead atoms. The van der Waals surface area contributed by atoms with Gasteiger partial charge in [-0.05, 0) is 24.3 Å². The minimum absolute atomic E-state index is 0.0233. The van der Waals surface area contributed by atoms with E-state index in [9.17, 15) is 4.79 Å². The lowest BCUT2D eigenvalue weighted by Crippen LogP contribution is -2.41. The normalized spacial score (nSPS) is 15.2. The molecule has 6 heteroatoms. The lowest BCUT2D eigenvalue weighted by Gasteiger charge is -2.31. The van der Waals surface area contributed by atoms with Gasteiger partial charge in [-0.3, -0.25) is 4.79 Å². The van der Waals surface area contributed by atoms with E-state index in [0.29, 0.717) is 24.7 Å². The van der Waals surface area contributed by atoms with E-state index in [1.807, 2.05) is 59.5 Å². The second-order valence-corrected chi connectivity index (χ2v) is 6.95. The maximum Gasteiger partial charge on any atom is 0.289 e. The topological polar surface area (TPSA) is 68.5 Å². The van der Waals surface area contributed by atoms with Crippen LogP contribution in [0.3, 0.4) is 0 Å². The van der Waals surface area contributed by atoms with Gasteiger partial charge in [0.15, 0.2) is 5.76 Å². The number of benzene rings is 2. The zero-order chi connectivity index (χ0) is 18.9. The van der Waals surface area contributed by atoms with Crippen LogP contribution in [0.4, 0.5) is 0 Å². The molecule has 0 N–H and O–H groups in total. The highest BCUT2D eigenvalue weighted by atomic mass is 16.5. The number of ether oxygens (including phenoxy) is 1. The Balaban J connectivity index is 1.23. The average molecular weight is 373 g/mol. The van der Waals surface area contributed by atoms with E-state index in [1.54, 1.807) is 6.20 Å². The van der Waals surface area contributed by atoms with Gasteiger partial charge in [0, 0.05) is 31.3 Å². The summed E-state index contributed by atoms with van der Waals surface area (Å²) in [5.41, 5.74) is 2.40. The highest BCUT2D eigenvalue weighted by molar-refractivity contribution is 5.96. The summed E-state index contributed by atoms with van der Waals surface area (Å²) in [6.07, 6.45) is 3.19. The first-order valence-electron chi connectivity index (χ1n) is 9.42. The molecule has 6 nitrogen and oxygen atoms in total. The van der Waals surface area contributed by atoms with Crippen LogP contribution in [0.2, 0.25) is 0 Å². The largest absolute Gasteiger partial charge is 0.473 e. The van der Waals surface area contributed by atoms with Gasteiger partial charge in [0.25, 0.3) is 5.91 Å². The fraction of sp³-hybridized carbons (Fsp3) is 0.227. The molecule has 1 saturated heterocycles. The van der Waals surface area contributed by atoms with Crippen molar-refractivity contribution >= 4 is 27.9 Å². The van der Waals surface area contributed by atoms with Crippen molar-refractivity contribution in [2.24, 2.45) is 0 Å². The number of furan rings is 1. The number of hydrogen-bond donors (Lipinski definition) is 0. The van der Waals surface area contributed by atoms with Crippen molar-refractivity contribution in [3.8, 4) is 5.88 Å². The zero-order valence-electron chi connectivity index (χ0n) is 15.2. The molecule has 0 radical (unpaired) electrons. The van der Waals surface area contributed by atoms with Crippen LogP contribution in [-0.4, -0.2) is 40.0 Å². The number of rotatable bonds is 3. The van der Waals surface area contributed by atoms with Gasteiger partial charge >= 0.3 is 0 Å². The first-order valence-corrected chi connectivity index (χ1v) is 9.42. The summed E-state index contributed by atoms with van der Waals surface area (Å²) < 4.78 is 11.7. The Hall–Kier alpha value is -3.41. The molecule has 4 aromatic rings. The van der Waals surface area contributed by atoms with E-state index in [2.05, 4.69) is 9.97 Å². The Bertz CT molecular complexity index is 1110. The number of likely N-dealkylation sites (tertiary alicyclic amines) is 1. The molecule has 140 valence electrons. The van der Waals surface area contributed by atoms with E-state index < -0.39 is 0 Å². The lowest BCUT2D eigenvalue weighted by molar-refractivity contribution is 0.0561. The molecular weight excluding hydrogens is 354 g/mol. The predicted molar refractivity (Wildman–Crippen MR) is 105 cm³/mol. The molecule has 2 aromatic heterocycles. The molecule has 1 amide bonds. The third-order valence-electron chi connectivity index (χ3n) is 5.08. The molecule has 0 spiro atoms. The molecule has 2 aromatic carbocycles. The molecule has 0 aliphatic carbocycles. The summed E-state index contributed by atoms with van der Waals surface area (Å²) in [6, 6.07) is 17.2. The van der Waals surface area contributed by atoms with Crippen LogP contribution in [0.5, 0.6) is 5.88 Å². The van der Waals surface area contributed by atoms with Crippen molar-refractivity contribution in [1.29, 1.82) is 0 Å². The fourth-order valence-corrected chi connectivity index (χ4v) is 3.59. The average Bonchev–Trinajstić information content (AvgIpc) is 3.18. The summed E-state index contributed by atoms with van der Waals surface area (Å²) in [5.74, 6) is 0.849. The summed E-state index contributed by atoms with van der Waals surface area (Å²) in [4.78, 5) is 23.5. The van der Waals surface area contributed by atoms with Gasteiger partial charge < -0.3 is 14.1 Å². The Morgan fingerprint density at radius 2 is 1.79 bits per heavy atom. The molecule has 1 aliphatic heterocycles. The third-order valence-corrected chi connectivity index (χ3v) is 5.08. The SMILES string of the molecule is O=C(c1cc2ccccc2o1)N1CCC(Oc2cnc3ccccc3n2)CC1. The van der Waals surface area contributed by atoms with Gasteiger partial charge in [-0.15, -0.1) is 0 Å². The molecule has 1 aliphatic rings. The molecule has 3 heterocycles. The molecule has 0 unspecified atom stereocenters. The molecule has 28 heavy (non-hydrogen) atoms. The number of piperidine rings is 1. The van der Waals surface area contributed by atoms with Crippen LogP contribution in [0.25, 0.3) is 22.0 Å². The van der Waals surface area contributed by atoms with Crippen LogP contribution in [0.15, 0.2) is 65.2 Å². The lowest BCUT2D eigenvalue weighted by atomic mass is 10.1. The smallest absolute Gasteiger partial charge is 0.289 e. The number of carbonyl (C=O) groups is 1. The number of carbonyl (C=O) groups excluding carboxylic acids is 1. The van der Waals surface area contributed by atoms with E-state index in [0.717, 1.165) is 34.8 Å². The minimum Gasteiger partial charge on any atom is -0.473 e. The summed E-state index contributed by atoms with van der Waals surface area (Å²) in [6.45, 7) is 1.25. The van der Waals surface area contributed by atoms with E-state index >= 15 is 0 Å². The summed E-state index contributed by atoms with van der Waals surface area (Å²) in [7, 11) is 0. The van der Waals surface area contributed by atoms with Crippen LogP contribution >= 0.6 is 0 Å². The predicted octanol–water partition coefficient (Wildman–Crippen LogP) is 4.06. The second-order valence-electron chi connectivity index (χ2n) is 6.95. The number of nitrogens with zero attached hydrogens (tertiary/aromatic N) is 3. The zero-order valence-corrected chi connectivity index (χ0v) is 15.2. The van der Waals surface area contributed by atoms with Crippen LogP contribution in [0.1, 0.15) is 23.4 Å². The Labute approximate surface area is 161 Å². The monoisotopic (exact) mass is 373 g/mol. The quantitative estimate of drug-likeness (QED) is 0.542. The molecule has 0 atom stereocenters. The highest BCUT2D eigenvalue weighted by Gasteiger charge is 2.27. The van der Waals surface area contributed by atoms with E-state index in [1.165, 1.54) is 0 Å². The van der Waals surface area contributed by atoms with Crippen LogP contribution in [-0.2, 0) is 0 Å². The van der Waals surface area contributed by atoms with E-state index in [4.69, 9.17) is 9.15 Å². The second kappa shape index (κ2) is 6.96. The number of para-hydroxylation sites is 3. The van der Waals surface area contributed by atoms with Crippen LogP contribution < -0.4 is 4.74 Å². The number of aromatic nitrogens is 2. The van der Waals surface area contributed by atoms with Gasteiger partial charge in [-0.25, -0.2) is 9.97 Å². The third kappa shape index (κ3) is 3.17. The number of amides is 1. The van der Waals surface area contributed by atoms with Crippen molar-refractivity contribution in [3.05, 3.63) is 66.6 Å². The maximum absolute atomic E-state index is 12.7. The van der Waals surface area contributed by atoms with Gasteiger partial charge in [0.05, 0.1) is 17.2 Å². The molecule has 5 rings (SSSR count). The van der Waals surface area contributed by atoms with Gasteiger partial charge in [-0.1, -0.05) is 30.3 Å². The van der Waals surface area contributed by atoms with E-state index in [-0.39, 0.29) is 12.0 Å². The number of fused-ring (bicyclic) bond motifs is 2. The van der Waals surface area contributed by atoms with Gasteiger partial charge in [0.1, 0.15) is 11.7 Å². The number of hydrogen-bond acceptors (Lipinski definition) is 5. The van der Waals surface area contributed by atoms with Crippen molar-refractivity contribution in [2.45, 2.75) is 18.9 Å². The first kappa shape index (κ1) is 16.7. The molecule has 1 fully saturated rings. The maximum atomic E-state index is 12.7. The van der Waals surface area contributed by atoms with Crippen molar-refractivity contribution in [3.63, 3.8) is 0 Å². The van der Waals surface area contributed by atoms with Crippen molar-refractivity contribution in [2.75, 3.05) is 13.1 Å². The minimum atomic E-state index is -0.0693. The van der Waals surface area contributed by atoms with Crippen molar-refractivity contribution < 1.29 is 13.9 Å². The Morgan fingerprint density at radius 1 is 1.04 bits per heavy atom.